The van der Waals surface area contributed by atoms with Crippen LogP contribution in [0, 0.1) is 13.8 Å². The Bertz CT molecular complexity index is 1280. The first kappa shape index (κ1) is 30.9. The number of rotatable bonds is 8. The third-order valence-electron chi connectivity index (χ3n) is 4.28. The summed E-state index contributed by atoms with van der Waals surface area (Å²) in [4.78, 5) is 18.8. The van der Waals surface area contributed by atoms with Gasteiger partial charge in [0, 0.05) is 17.1 Å². The summed E-state index contributed by atoms with van der Waals surface area (Å²) in [6.07, 6.45) is -21.3. The molecule has 0 saturated heterocycles. The molecule has 20 heteroatoms. The van der Waals surface area contributed by atoms with E-state index in [2.05, 4.69) is 14.7 Å². The maximum atomic E-state index is 14.3. The van der Waals surface area contributed by atoms with Crippen LogP contribution < -0.4 is 10.0 Å². The zero-order chi connectivity index (χ0) is 29.5. The van der Waals surface area contributed by atoms with Crippen molar-refractivity contribution in [3.63, 3.8) is 0 Å². The molecule has 0 fully saturated rings. The van der Waals surface area contributed by atoms with Crippen molar-refractivity contribution in [1.82, 2.24) is 9.97 Å². The van der Waals surface area contributed by atoms with Crippen molar-refractivity contribution in [3.05, 3.63) is 41.7 Å². The number of nitrogens with zero attached hydrogens (tertiary/aromatic N) is 2. The van der Waals surface area contributed by atoms with Crippen LogP contribution in [-0.4, -0.2) is 54.5 Å². The minimum absolute atomic E-state index is 0.369. The third kappa shape index (κ3) is 6.22. The molecule has 0 aliphatic carbocycles. The Morgan fingerprint density at radius 1 is 0.816 bits per heavy atom. The average molecular weight is 590 g/mol. The Morgan fingerprint density at radius 2 is 1.29 bits per heavy atom. The Labute approximate surface area is 205 Å². The standard InChI is InChI=1S/C18H13F11N4O4S/c1-8-7-9(2)31-13(30-8)33-38(35,36)11-5-3-10(4-6-11)32-12(34)14(19,16(22,23)24)37-18(28,29)15(20,21)17(25,26)27/h3-7H,1-2H3,(H,32,34)(H,30,31,33)/t14-/m1/s1. The van der Waals surface area contributed by atoms with E-state index in [4.69, 9.17) is 0 Å². The summed E-state index contributed by atoms with van der Waals surface area (Å²) in [5, 5.41) is 0.987. The summed E-state index contributed by atoms with van der Waals surface area (Å²) < 4.78 is 171. The number of alkyl halides is 11. The first-order valence-electron chi connectivity index (χ1n) is 9.48. The molecule has 0 bridgehead atoms. The molecule has 0 aliphatic rings. The summed E-state index contributed by atoms with van der Waals surface area (Å²) in [7, 11) is -4.45. The smallest absolute Gasteiger partial charge is 0.321 e. The molecule has 212 valence electrons. The molecule has 2 N–H and O–H groups in total. The van der Waals surface area contributed by atoms with Gasteiger partial charge in [0.25, 0.3) is 15.9 Å². The second-order valence-corrected chi connectivity index (χ2v) is 9.02. The van der Waals surface area contributed by atoms with Crippen molar-refractivity contribution in [3.8, 4) is 0 Å². The molecular weight excluding hydrogens is 577 g/mol. The van der Waals surface area contributed by atoms with Crippen LogP contribution in [0.5, 0.6) is 0 Å². The number of aryl methyl sites for hydroxylation is 2. The van der Waals surface area contributed by atoms with E-state index in [0.717, 1.165) is 5.32 Å². The number of aromatic nitrogens is 2. The van der Waals surface area contributed by atoms with Gasteiger partial charge in [-0.2, -0.15) is 48.3 Å². The minimum Gasteiger partial charge on any atom is -0.321 e. The average Bonchev–Trinajstić information content (AvgIpc) is 2.70. The Kier molecular flexibility index (Phi) is 7.97. The molecule has 0 radical (unpaired) electrons. The molecule has 0 saturated carbocycles. The van der Waals surface area contributed by atoms with Crippen LogP contribution in [-0.2, 0) is 19.6 Å². The number of ether oxygens (including phenoxy) is 1. The lowest BCUT2D eigenvalue weighted by Crippen LogP contribution is -2.62. The summed E-state index contributed by atoms with van der Waals surface area (Å²) >= 11 is 0. The molecule has 1 aromatic heterocycles. The minimum atomic E-state index is -7.34. The second kappa shape index (κ2) is 9.79. The van der Waals surface area contributed by atoms with Crippen molar-refractivity contribution < 1.29 is 66.2 Å². The normalized spacial score (nSPS) is 15.1. The fraction of sp³-hybridized carbons (Fsp3) is 0.389. The van der Waals surface area contributed by atoms with Gasteiger partial charge < -0.3 is 5.32 Å². The van der Waals surface area contributed by atoms with Gasteiger partial charge in [0.05, 0.1) is 4.90 Å². The lowest BCUT2D eigenvalue weighted by Gasteiger charge is -2.34. The van der Waals surface area contributed by atoms with E-state index < -0.39 is 56.8 Å². The van der Waals surface area contributed by atoms with Crippen LogP contribution in [0.15, 0.2) is 35.2 Å². The molecule has 1 amide bonds. The van der Waals surface area contributed by atoms with Crippen LogP contribution in [0.2, 0.25) is 0 Å². The number of benzene rings is 1. The number of carbonyl (C=O) groups is 1. The molecule has 0 aliphatic heterocycles. The van der Waals surface area contributed by atoms with Gasteiger partial charge in [0.1, 0.15) is 0 Å². The predicted molar refractivity (Wildman–Crippen MR) is 104 cm³/mol. The Hall–Kier alpha value is -3.29. The first-order valence-corrected chi connectivity index (χ1v) is 11.0. The van der Waals surface area contributed by atoms with Crippen molar-refractivity contribution in [2.24, 2.45) is 0 Å². The van der Waals surface area contributed by atoms with Gasteiger partial charge >= 0.3 is 30.2 Å². The Balaban J connectivity index is 2.31. The van der Waals surface area contributed by atoms with Crippen molar-refractivity contribution in [2.75, 3.05) is 10.0 Å². The van der Waals surface area contributed by atoms with Gasteiger partial charge in [-0.1, -0.05) is 0 Å². The quantitative estimate of drug-likeness (QED) is 0.425. The molecule has 1 heterocycles. The van der Waals surface area contributed by atoms with Crippen molar-refractivity contribution in [2.45, 2.75) is 49.0 Å². The monoisotopic (exact) mass is 590 g/mol. The zero-order valence-electron chi connectivity index (χ0n) is 18.5. The summed E-state index contributed by atoms with van der Waals surface area (Å²) in [5.41, 5.74) is -0.195. The van der Waals surface area contributed by atoms with Crippen LogP contribution in [0.4, 0.5) is 59.9 Å². The molecule has 1 atom stereocenters. The van der Waals surface area contributed by atoms with E-state index in [1.807, 2.05) is 4.72 Å². The Morgan fingerprint density at radius 3 is 1.71 bits per heavy atom. The SMILES string of the molecule is Cc1cc(C)nc(NS(=O)(=O)c2ccc(NC(=O)[C@@](F)(OC(F)(F)C(F)(F)C(F)(F)F)C(F)(F)F)cc2)n1. The largest absolute Gasteiger partial charge is 0.462 e. The number of hydrogen-bond acceptors (Lipinski definition) is 6. The van der Waals surface area contributed by atoms with Gasteiger partial charge in [-0.15, -0.1) is 0 Å². The zero-order valence-corrected chi connectivity index (χ0v) is 19.3. The highest BCUT2D eigenvalue weighted by Gasteiger charge is 2.79. The lowest BCUT2D eigenvalue weighted by atomic mass is 10.2. The number of carbonyl (C=O) groups excluding carboxylic acids is 1. The molecule has 38 heavy (non-hydrogen) atoms. The first-order chi connectivity index (χ1) is 16.9. The lowest BCUT2D eigenvalue weighted by molar-refractivity contribution is -0.472. The second-order valence-electron chi connectivity index (χ2n) is 7.34. The maximum absolute atomic E-state index is 14.3. The van der Waals surface area contributed by atoms with E-state index in [0.29, 0.717) is 35.7 Å². The van der Waals surface area contributed by atoms with E-state index in [9.17, 15) is 61.5 Å². The van der Waals surface area contributed by atoms with Gasteiger partial charge in [-0.3, -0.25) is 9.53 Å². The molecule has 8 nitrogen and oxygen atoms in total. The predicted octanol–water partition coefficient (Wildman–Crippen LogP) is 4.87. The summed E-state index contributed by atoms with van der Waals surface area (Å²) in [6, 6.07) is 3.75. The molecule has 1 aromatic carbocycles. The van der Waals surface area contributed by atoms with Gasteiger partial charge in [0.2, 0.25) is 5.95 Å². The number of halogens is 11. The molecule has 0 spiro atoms. The third-order valence-corrected chi connectivity index (χ3v) is 5.62. The number of sulfonamides is 1. The summed E-state index contributed by atoms with van der Waals surface area (Å²) in [6.45, 7) is 3.03. The highest BCUT2D eigenvalue weighted by atomic mass is 32.2. The maximum Gasteiger partial charge on any atom is 0.462 e. The highest BCUT2D eigenvalue weighted by molar-refractivity contribution is 7.92. The molecule has 2 rings (SSSR count). The van der Waals surface area contributed by atoms with Crippen LogP contribution in [0.3, 0.4) is 0 Å². The molecule has 2 aromatic rings. The van der Waals surface area contributed by atoms with Crippen molar-refractivity contribution >= 4 is 27.6 Å². The topological polar surface area (TPSA) is 110 Å². The van der Waals surface area contributed by atoms with Gasteiger partial charge in [0.15, 0.2) is 0 Å². The van der Waals surface area contributed by atoms with E-state index in [-0.39, 0.29) is 5.95 Å². The van der Waals surface area contributed by atoms with Crippen LogP contribution in [0.1, 0.15) is 11.4 Å². The van der Waals surface area contributed by atoms with Crippen LogP contribution in [0.25, 0.3) is 0 Å². The van der Waals surface area contributed by atoms with Gasteiger partial charge in [-0.05, 0) is 44.2 Å². The van der Waals surface area contributed by atoms with E-state index in [1.54, 1.807) is 0 Å². The number of amides is 1. The number of nitrogens with one attached hydrogen (secondary N) is 2. The van der Waals surface area contributed by atoms with Crippen molar-refractivity contribution in [1.29, 1.82) is 0 Å². The fourth-order valence-corrected chi connectivity index (χ4v) is 3.46. The summed E-state index contributed by atoms with van der Waals surface area (Å²) in [5.74, 6) is -17.4. The molecule has 0 unspecified atom stereocenters. The van der Waals surface area contributed by atoms with Gasteiger partial charge in [-0.25, -0.2) is 23.1 Å². The number of hydrogen-bond donors (Lipinski definition) is 2. The number of anilines is 2. The fourth-order valence-electron chi connectivity index (χ4n) is 2.52. The highest BCUT2D eigenvalue weighted by Crippen LogP contribution is 2.51. The molecular formula is C18H13F11N4O4S. The van der Waals surface area contributed by atoms with Crippen LogP contribution >= 0.6 is 0 Å². The van der Waals surface area contributed by atoms with E-state index >= 15 is 0 Å². The van der Waals surface area contributed by atoms with E-state index in [1.165, 1.54) is 19.9 Å².